The van der Waals surface area contributed by atoms with Crippen LogP contribution >= 0.6 is 0 Å². The Labute approximate surface area is 110 Å². The van der Waals surface area contributed by atoms with Gasteiger partial charge in [0.05, 0.1) is 7.11 Å². The zero-order valence-corrected chi connectivity index (χ0v) is 11.0. The van der Waals surface area contributed by atoms with Crippen molar-refractivity contribution < 1.29 is 14.6 Å². The average Bonchev–Trinajstić information content (AvgIpc) is 2.38. The van der Waals surface area contributed by atoms with Gasteiger partial charge in [0.2, 0.25) is 5.88 Å². The summed E-state index contributed by atoms with van der Waals surface area (Å²) in [5.41, 5.74) is 2.83. The number of ether oxygens (including phenoxy) is 1. The number of benzene rings is 1. The molecule has 0 saturated carbocycles. The molecule has 0 fully saturated rings. The minimum absolute atomic E-state index is 0.0816. The molecule has 0 aliphatic rings. The number of carboxylic acid groups (broad SMARTS) is 1. The van der Waals surface area contributed by atoms with E-state index in [2.05, 4.69) is 9.97 Å². The van der Waals surface area contributed by atoms with E-state index in [0.29, 0.717) is 5.82 Å². The molecule has 0 radical (unpaired) electrons. The van der Waals surface area contributed by atoms with E-state index in [0.717, 1.165) is 16.7 Å². The van der Waals surface area contributed by atoms with E-state index >= 15 is 0 Å². The van der Waals surface area contributed by atoms with Crippen molar-refractivity contribution in [3.05, 3.63) is 41.1 Å². The second-order valence-corrected chi connectivity index (χ2v) is 4.24. The second kappa shape index (κ2) is 5.06. The summed E-state index contributed by atoms with van der Waals surface area (Å²) in [6.45, 7) is 3.93. The fourth-order valence-electron chi connectivity index (χ4n) is 1.82. The summed E-state index contributed by atoms with van der Waals surface area (Å²) in [5, 5.41) is 9.04. The number of aryl methyl sites for hydroxylation is 2. The third-order valence-corrected chi connectivity index (χ3v) is 2.75. The zero-order valence-electron chi connectivity index (χ0n) is 11.0. The fourth-order valence-corrected chi connectivity index (χ4v) is 1.82. The van der Waals surface area contributed by atoms with Gasteiger partial charge >= 0.3 is 5.97 Å². The van der Waals surface area contributed by atoms with Crippen LogP contribution in [0.15, 0.2) is 24.3 Å². The number of rotatable bonds is 3. The lowest BCUT2D eigenvalue weighted by atomic mass is 10.1. The van der Waals surface area contributed by atoms with Crippen molar-refractivity contribution in [1.29, 1.82) is 0 Å². The lowest BCUT2D eigenvalue weighted by Gasteiger charge is -2.08. The van der Waals surface area contributed by atoms with E-state index in [-0.39, 0.29) is 11.6 Å². The summed E-state index contributed by atoms with van der Waals surface area (Å²) in [4.78, 5) is 19.3. The Hall–Kier alpha value is -2.43. The summed E-state index contributed by atoms with van der Waals surface area (Å²) in [5.74, 6) is -0.511. The number of hydrogen-bond acceptors (Lipinski definition) is 4. The number of aromatic nitrogens is 2. The zero-order chi connectivity index (χ0) is 14.0. The van der Waals surface area contributed by atoms with Crippen LogP contribution in [0.4, 0.5) is 0 Å². The SMILES string of the molecule is COc1cc(C(=O)O)nc(-c2ccc(C)cc2C)n1. The van der Waals surface area contributed by atoms with Crippen LogP contribution in [-0.4, -0.2) is 28.2 Å². The molecule has 1 N–H and O–H groups in total. The summed E-state index contributed by atoms with van der Waals surface area (Å²) < 4.78 is 5.02. The van der Waals surface area contributed by atoms with E-state index in [1.807, 2.05) is 32.0 Å². The molecule has 0 aliphatic carbocycles. The first-order chi connectivity index (χ1) is 9.01. The van der Waals surface area contributed by atoms with Gasteiger partial charge in [-0.2, -0.15) is 4.98 Å². The van der Waals surface area contributed by atoms with Gasteiger partial charge in [-0.05, 0) is 19.4 Å². The van der Waals surface area contributed by atoms with Crippen LogP contribution in [0.3, 0.4) is 0 Å². The third-order valence-electron chi connectivity index (χ3n) is 2.75. The Morgan fingerprint density at radius 3 is 2.53 bits per heavy atom. The van der Waals surface area contributed by atoms with Crippen LogP contribution in [0.25, 0.3) is 11.4 Å². The number of methoxy groups -OCH3 is 1. The maximum Gasteiger partial charge on any atom is 0.354 e. The smallest absolute Gasteiger partial charge is 0.354 e. The molecule has 1 aromatic carbocycles. The van der Waals surface area contributed by atoms with Gasteiger partial charge in [-0.25, -0.2) is 9.78 Å². The number of nitrogens with zero attached hydrogens (tertiary/aromatic N) is 2. The summed E-state index contributed by atoms with van der Waals surface area (Å²) in [6, 6.07) is 7.12. The predicted octanol–water partition coefficient (Wildman–Crippen LogP) is 2.47. The second-order valence-electron chi connectivity index (χ2n) is 4.24. The number of carbonyl (C=O) groups is 1. The standard InChI is InChI=1S/C14H14N2O3/c1-8-4-5-10(9(2)6-8)13-15-11(14(17)18)7-12(16-13)19-3/h4-7H,1-3H3,(H,17,18). The lowest BCUT2D eigenvalue weighted by molar-refractivity contribution is 0.0690. The molecule has 0 unspecified atom stereocenters. The molecule has 5 nitrogen and oxygen atoms in total. The van der Waals surface area contributed by atoms with Crippen LogP contribution in [0.1, 0.15) is 21.6 Å². The van der Waals surface area contributed by atoms with Crippen molar-refractivity contribution in [2.75, 3.05) is 7.11 Å². The summed E-state index contributed by atoms with van der Waals surface area (Å²) in [6.07, 6.45) is 0. The molecular weight excluding hydrogens is 244 g/mol. The quantitative estimate of drug-likeness (QED) is 0.915. The highest BCUT2D eigenvalue weighted by atomic mass is 16.5. The highest BCUT2D eigenvalue weighted by Crippen LogP contribution is 2.23. The van der Waals surface area contributed by atoms with E-state index in [1.54, 1.807) is 0 Å². The van der Waals surface area contributed by atoms with E-state index < -0.39 is 5.97 Å². The van der Waals surface area contributed by atoms with Gasteiger partial charge in [0, 0.05) is 11.6 Å². The number of aromatic carboxylic acids is 1. The molecule has 19 heavy (non-hydrogen) atoms. The van der Waals surface area contributed by atoms with Crippen molar-refractivity contribution >= 4 is 5.97 Å². The van der Waals surface area contributed by atoms with Crippen LogP contribution in [0.5, 0.6) is 5.88 Å². The van der Waals surface area contributed by atoms with Gasteiger partial charge in [-0.1, -0.05) is 23.8 Å². The lowest BCUT2D eigenvalue weighted by Crippen LogP contribution is -2.05. The van der Waals surface area contributed by atoms with Crippen LogP contribution in [0, 0.1) is 13.8 Å². The molecule has 0 aliphatic heterocycles. The van der Waals surface area contributed by atoms with E-state index in [9.17, 15) is 4.79 Å². The normalized spacial score (nSPS) is 10.3. The molecule has 2 rings (SSSR count). The molecule has 0 atom stereocenters. The number of hydrogen-bond donors (Lipinski definition) is 1. The van der Waals surface area contributed by atoms with Crippen molar-refractivity contribution in [2.45, 2.75) is 13.8 Å². The topological polar surface area (TPSA) is 72.3 Å². The molecule has 0 amide bonds. The van der Waals surface area contributed by atoms with Crippen molar-refractivity contribution in [1.82, 2.24) is 9.97 Å². The highest BCUT2D eigenvalue weighted by Gasteiger charge is 2.13. The van der Waals surface area contributed by atoms with Gasteiger partial charge in [0.1, 0.15) is 0 Å². The monoisotopic (exact) mass is 258 g/mol. The maximum absolute atomic E-state index is 11.0. The van der Waals surface area contributed by atoms with Crippen LogP contribution < -0.4 is 4.74 Å². The molecule has 2 aromatic rings. The fraction of sp³-hybridized carbons (Fsp3) is 0.214. The van der Waals surface area contributed by atoms with Crippen molar-refractivity contribution in [3.8, 4) is 17.3 Å². The van der Waals surface area contributed by atoms with Crippen molar-refractivity contribution in [2.24, 2.45) is 0 Å². The van der Waals surface area contributed by atoms with Gasteiger partial charge in [-0.15, -0.1) is 0 Å². The van der Waals surface area contributed by atoms with Gasteiger partial charge in [-0.3, -0.25) is 0 Å². The Morgan fingerprint density at radius 2 is 1.95 bits per heavy atom. The first kappa shape index (κ1) is 13.0. The Balaban J connectivity index is 2.60. The van der Waals surface area contributed by atoms with Crippen LogP contribution in [0.2, 0.25) is 0 Å². The largest absolute Gasteiger partial charge is 0.481 e. The Morgan fingerprint density at radius 1 is 1.21 bits per heavy atom. The maximum atomic E-state index is 11.0. The minimum Gasteiger partial charge on any atom is -0.481 e. The first-order valence-corrected chi connectivity index (χ1v) is 5.75. The van der Waals surface area contributed by atoms with E-state index in [4.69, 9.17) is 9.84 Å². The molecule has 5 heteroatoms. The van der Waals surface area contributed by atoms with Crippen LogP contribution in [-0.2, 0) is 0 Å². The molecule has 0 bridgehead atoms. The highest BCUT2D eigenvalue weighted by molar-refractivity contribution is 5.86. The van der Waals surface area contributed by atoms with Gasteiger partial charge in [0.25, 0.3) is 0 Å². The predicted molar refractivity (Wildman–Crippen MR) is 70.5 cm³/mol. The third kappa shape index (κ3) is 2.70. The van der Waals surface area contributed by atoms with E-state index in [1.165, 1.54) is 13.2 Å². The van der Waals surface area contributed by atoms with Gasteiger partial charge in [0.15, 0.2) is 11.5 Å². The minimum atomic E-state index is -1.10. The molecule has 98 valence electrons. The Bertz CT molecular complexity index is 639. The van der Waals surface area contributed by atoms with Gasteiger partial charge < -0.3 is 9.84 Å². The summed E-state index contributed by atoms with van der Waals surface area (Å²) in [7, 11) is 1.44. The summed E-state index contributed by atoms with van der Waals surface area (Å²) >= 11 is 0. The van der Waals surface area contributed by atoms with Crippen molar-refractivity contribution in [3.63, 3.8) is 0 Å². The molecular formula is C14H14N2O3. The molecule has 0 spiro atoms. The number of carboxylic acids is 1. The Kier molecular flexibility index (Phi) is 3.46. The average molecular weight is 258 g/mol. The molecule has 1 heterocycles. The first-order valence-electron chi connectivity index (χ1n) is 5.75. The molecule has 0 saturated heterocycles. The molecule has 1 aromatic heterocycles.